The van der Waals surface area contributed by atoms with E-state index in [9.17, 15) is 9.90 Å². The van der Waals surface area contributed by atoms with E-state index in [4.69, 9.17) is 0 Å². The first-order valence-corrected chi connectivity index (χ1v) is 12.5. The molecular formula is C32H28N2O2. The molecule has 0 radical (unpaired) electrons. The van der Waals surface area contributed by atoms with Gasteiger partial charge in [-0.05, 0) is 64.2 Å². The summed E-state index contributed by atoms with van der Waals surface area (Å²) in [5, 5.41) is 15.8. The van der Waals surface area contributed by atoms with Gasteiger partial charge in [-0.15, -0.1) is 0 Å². The monoisotopic (exact) mass is 472 g/mol. The van der Waals surface area contributed by atoms with Crippen molar-refractivity contribution < 1.29 is 9.90 Å². The van der Waals surface area contributed by atoms with Crippen LogP contribution >= 0.6 is 0 Å². The maximum absolute atomic E-state index is 14.3. The third-order valence-electron chi connectivity index (χ3n) is 7.20. The van der Waals surface area contributed by atoms with Crippen LogP contribution in [0.25, 0.3) is 21.5 Å². The van der Waals surface area contributed by atoms with E-state index in [2.05, 4.69) is 60.7 Å². The highest BCUT2D eigenvalue weighted by molar-refractivity contribution is 6.06. The first kappa shape index (κ1) is 22.3. The van der Waals surface area contributed by atoms with Crippen LogP contribution in [0.15, 0.2) is 115 Å². The Kier molecular flexibility index (Phi) is 5.88. The smallest absolute Gasteiger partial charge is 0.329 e. The molecule has 5 aromatic carbocycles. The van der Waals surface area contributed by atoms with Crippen LogP contribution in [0.2, 0.25) is 0 Å². The van der Waals surface area contributed by atoms with Gasteiger partial charge in [-0.2, -0.15) is 0 Å². The highest BCUT2D eigenvalue weighted by Crippen LogP contribution is 2.32. The molecular weight excluding hydrogens is 444 g/mol. The van der Waals surface area contributed by atoms with E-state index in [0.717, 1.165) is 38.5 Å². The predicted molar refractivity (Wildman–Crippen MR) is 148 cm³/mol. The summed E-state index contributed by atoms with van der Waals surface area (Å²) in [5.41, 5.74) is 2.74. The Bertz CT molecular complexity index is 1530. The van der Waals surface area contributed by atoms with E-state index in [-0.39, 0.29) is 12.1 Å². The van der Waals surface area contributed by atoms with Crippen molar-refractivity contribution in [2.45, 2.75) is 25.0 Å². The summed E-state index contributed by atoms with van der Waals surface area (Å²) in [6.45, 7) is 0.452. The van der Waals surface area contributed by atoms with Gasteiger partial charge in [0.15, 0.2) is 0 Å². The molecule has 0 aliphatic carbocycles. The average Bonchev–Trinajstić information content (AvgIpc) is 3.04. The van der Waals surface area contributed by atoms with E-state index in [1.807, 2.05) is 64.4 Å². The van der Waals surface area contributed by atoms with Crippen molar-refractivity contribution in [3.05, 3.63) is 121 Å². The molecule has 1 saturated heterocycles. The first-order valence-electron chi connectivity index (χ1n) is 12.5. The number of aliphatic hydroxyl groups is 1. The average molecular weight is 473 g/mol. The van der Waals surface area contributed by atoms with Crippen molar-refractivity contribution in [3.63, 3.8) is 0 Å². The van der Waals surface area contributed by atoms with Crippen molar-refractivity contribution in [3.8, 4) is 0 Å². The van der Waals surface area contributed by atoms with Crippen molar-refractivity contribution in [1.29, 1.82) is 0 Å². The number of carbonyl (C=O) groups is 1. The van der Waals surface area contributed by atoms with Crippen molar-refractivity contribution in [2.75, 3.05) is 16.3 Å². The number of anilines is 2. The summed E-state index contributed by atoms with van der Waals surface area (Å²) >= 11 is 0. The summed E-state index contributed by atoms with van der Waals surface area (Å²) in [4.78, 5) is 17.9. The summed E-state index contributed by atoms with van der Waals surface area (Å²) in [7, 11) is 0. The molecule has 5 aromatic rings. The third-order valence-corrected chi connectivity index (χ3v) is 7.20. The van der Waals surface area contributed by atoms with Crippen LogP contribution in [0.1, 0.15) is 12.0 Å². The second kappa shape index (κ2) is 9.48. The molecule has 4 nitrogen and oxygen atoms in total. The SMILES string of the molecule is O=C1N(c2ccc3ccccc3c2)CCC(O)C(Cc2ccccc2)N1c1ccc2ccccc2c1. The minimum absolute atomic E-state index is 0.113. The summed E-state index contributed by atoms with van der Waals surface area (Å²) in [5.74, 6) is 0. The molecule has 178 valence electrons. The van der Waals surface area contributed by atoms with Crippen LogP contribution in [0, 0.1) is 0 Å². The van der Waals surface area contributed by atoms with E-state index in [1.165, 1.54) is 0 Å². The molecule has 1 N–H and O–H groups in total. The largest absolute Gasteiger partial charge is 0.391 e. The standard InChI is InChI=1S/C32H28N2O2/c35-31-18-19-33(28-16-14-24-10-4-6-12-26(24)21-28)32(36)34(30(31)20-23-8-2-1-3-9-23)29-17-15-25-11-5-7-13-27(25)22-29/h1-17,21-22,30-31,35H,18-20H2. The van der Waals surface area contributed by atoms with Gasteiger partial charge in [0.25, 0.3) is 0 Å². The Balaban J connectivity index is 1.46. The molecule has 2 amide bonds. The molecule has 1 heterocycles. The molecule has 2 unspecified atom stereocenters. The van der Waals surface area contributed by atoms with E-state index in [0.29, 0.717) is 19.4 Å². The Morgan fingerprint density at radius 1 is 0.667 bits per heavy atom. The number of nitrogens with zero attached hydrogens (tertiary/aromatic N) is 2. The molecule has 1 aliphatic heterocycles. The second-order valence-corrected chi connectivity index (χ2v) is 9.48. The van der Waals surface area contributed by atoms with Gasteiger partial charge in [0.05, 0.1) is 12.1 Å². The fourth-order valence-corrected chi connectivity index (χ4v) is 5.29. The summed E-state index contributed by atoms with van der Waals surface area (Å²) in [6.07, 6.45) is 0.415. The molecule has 6 rings (SSSR count). The zero-order chi connectivity index (χ0) is 24.5. The van der Waals surface area contributed by atoms with Gasteiger partial charge >= 0.3 is 6.03 Å². The van der Waals surface area contributed by atoms with Crippen LogP contribution in [0.4, 0.5) is 16.2 Å². The molecule has 1 aliphatic rings. The zero-order valence-corrected chi connectivity index (χ0v) is 20.0. The highest BCUT2D eigenvalue weighted by Gasteiger charge is 2.38. The lowest BCUT2D eigenvalue weighted by molar-refractivity contribution is 0.139. The zero-order valence-electron chi connectivity index (χ0n) is 20.0. The van der Waals surface area contributed by atoms with Crippen LogP contribution in [0.5, 0.6) is 0 Å². The molecule has 0 saturated carbocycles. The van der Waals surface area contributed by atoms with Crippen molar-refractivity contribution in [2.24, 2.45) is 0 Å². The van der Waals surface area contributed by atoms with Crippen LogP contribution in [-0.2, 0) is 6.42 Å². The van der Waals surface area contributed by atoms with E-state index < -0.39 is 6.10 Å². The maximum Gasteiger partial charge on any atom is 0.329 e. The number of hydrogen-bond donors (Lipinski definition) is 1. The Hall–Kier alpha value is -4.15. The van der Waals surface area contributed by atoms with Crippen molar-refractivity contribution >= 4 is 39.0 Å². The number of urea groups is 1. The van der Waals surface area contributed by atoms with Gasteiger partial charge in [0, 0.05) is 17.9 Å². The third kappa shape index (κ3) is 4.21. The van der Waals surface area contributed by atoms with Gasteiger partial charge in [-0.1, -0.05) is 91.0 Å². The minimum Gasteiger partial charge on any atom is -0.391 e. The molecule has 36 heavy (non-hydrogen) atoms. The summed E-state index contributed by atoms with van der Waals surface area (Å²) < 4.78 is 0. The quantitative estimate of drug-likeness (QED) is 0.313. The Morgan fingerprint density at radius 2 is 1.22 bits per heavy atom. The lowest BCUT2D eigenvalue weighted by Gasteiger charge is -2.35. The van der Waals surface area contributed by atoms with Gasteiger partial charge < -0.3 is 5.11 Å². The number of amides is 2. The molecule has 0 aromatic heterocycles. The van der Waals surface area contributed by atoms with E-state index >= 15 is 0 Å². The number of benzene rings is 5. The lowest BCUT2D eigenvalue weighted by atomic mass is 9.97. The second-order valence-electron chi connectivity index (χ2n) is 9.48. The topological polar surface area (TPSA) is 43.8 Å². The minimum atomic E-state index is -0.661. The molecule has 2 atom stereocenters. The fourth-order valence-electron chi connectivity index (χ4n) is 5.29. The van der Waals surface area contributed by atoms with Crippen LogP contribution in [0.3, 0.4) is 0 Å². The molecule has 4 heteroatoms. The lowest BCUT2D eigenvalue weighted by Crippen LogP contribution is -2.50. The molecule has 1 fully saturated rings. The Labute approximate surface area is 211 Å². The number of aliphatic hydroxyl groups excluding tert-OH is 1. The molecule has 0 bridgehead atoms. The Morgan fingerprint density at radius 3 is 1.89 bits per heavy atom. The van der Waals surface area contributed by atoms with E-state index in [1.54, 1.807) is 0 Å². The summed E-state index contributed by atoms with van der Waals surface area (Å²) in [6, 6.07) is 38.2. The number of hydrogen-bond acceptors (Lipinski definition) is 2. The first-order chi connectivity index (χ1) is 17.7. The van der Waals surface area contributed by atoms with Gasteiger partial charge in [-0.25, -0.2) is 4.79 Å². The molecule has 0 spiro atoms. The number of rotatable bonds is 4. The number of fused-ring (bicyclic) bond motifs is 2. The normalized spacial score (nSPS) is 18.5. The van der Waals surface area contributed by atoms with Crippen LogP contribution < -0.4 is 9.80 Å². The van der Waals surface area contributed by atoms with Gasteiger partial charge in [0.1, 0.15) is 0 Å². The van der Waals surface area contributed by atoms with Gasteiger partial charge in [0.2, 0.25) is 0 Å². The predicted octanol–water partition coefficient (Wildman–Crippen LogP) is 6.80. The van der Waals surface area contributed by atoms with Crippen LogP contribution in [-0.4, -0.2) is 29.8 Å². The highest BCUT2D eigenvalue weighted by atomic mass is 16.3. The van der Waals surface area contributed by atoms with Crippen molar-refractivity contribution in [1.82, 2.24) is 0 Å². The fraction of sp³-hybridized carbons (Fsp3) is 0.156. The number of carbonyl (C=O) groups excluding carboxylic acids is 1. The maximum atomic E-state index is 14.3. The van der Waals surface area contributed by atoms with Gasteiger partial charge in [-0.3, -0.25) is 9.80 Å².